The Morgan fingerprint density at radius 2 is 1.68 bits per heavy atom. The lowest BCUT2D eigenvalue weighted by molar-refractivity contribution is -0.127. The van der Waals surface area contributed by atoms with Gasteiger partial charge in [0.25, 0.3) is 0 Å². The van der Waals surface area contributed by atoms with Crippen LogP contribution in [-0.4, -0.2) is 23.2 Å². The minimum Gasteiger partial charge on any atom is -0.393 e. The Morgan fingerprint density at radius 1 is 1.09 bits per heavy atom. The van der Waals surface area contributed by atoms with Crippen LogP contribution in [0.15, 0.2) is 24.3 Å². The van der Waals surface area contributed by atoms with Gasteiger partial charge in [-0.1, -0.05) is 36.6 Å². The van der Waals surface area contributed by atoms with Crippen LogP contribution < -0.4 is 5.32 Å². The molecule has 1 aromatic carbocycles. The first-order chi connectivity index (χ1) is 10.6. The van der Waals surface area contributed by atoms with Gasteiger partial charge in [-0.05, 0) is 56.2 Å². The first-order valence-corrected chi connectivity index (χ1v) is 8.73. The molecule has 1 aromatic rings. The molecule has 1 amide bonds. The standard InChI is InChI=1S/C18H24ClNO2/c19-14-5-3-13(4-6-14)18(11-1-2-12-18)17(22)20-15-7-9-16(21)10-8-15/h3-6,15-16,21H,1-2,7-12H2,(H,20,22). The van der Waals surface area contributed by atoms with E-state index in [0.29, 0.717) is 5.02 Å². The van der Waals surface area contributed by atoms with Gasteiger partial charge in [-0.2, -0.15) is 0 Å². The molecule has 0 radical (unpaired) electrons. The molecule has 0 unspecified atom stereocenters. The summed E-state index contributed by atoms with van der Waals surface area (Å²) in [6, 6.07) is 7.96. The second kappa shape index (κ2) is 6.59. The third kappa shape index (κ3) is 3.16. The van der Waals surface area contributed by atoms with Crippen LogP contribution >= 0.6 is 11.6 Å². The van der Waals surface area contributed by atoms with Crippen molar-refractivity contribution >= 4 is 17.5 Å². The van der Waals surface area contributed by atoms with Gasteiger partial charge in [0.05, 0.1) is 11.5 Å². The number of aliphatic hydroxyl groups excluding tert-OH is 1. The van der Waals surface area contributed by atoms with Crippen LogP contribution in [0.5, 0.6) is 0 Å². The second-order valence-corrected chi connectivity index (χ2v) is 7.21. The fraction of sp³-hybridized carbons (Fsp3) is 0.611. The zero-order chi connectivity index (χ0) is 15.6. The normalized spacial score (nSPS) is 27.5. The smallest absolute Gasteiger partial charge is 0.230 e. The highest BCUT2D eigenvalue weighted by molar-refractivity contribution is 6.30. The van der Waals surface area contributed by atoms with Crippen molar-refractivity contribution in [2.75, 3.05) is 0 Å². The van der Waals surface area contributed by atoms with E-state index in [9.17, 15) is 9.90 Å². The molecule has 0 atom stereocenters. The highest BCUT2D eigenvalue weighted by Crippen LogP contribution is 2.42. The number of hydrogen-bond acceptors (Lipinski definition) is 2. The fourth-order valence-electron chi connectivity index (χ4n) is 3.94. The van der Waals surface area contributed by atoms with Crippen LogP contribution in [0.2, 0.25) is 5.02 Å². The van der Waals surface area contributed by atoms with Crippen molar-refractivity contribution in [1.82, 2.24) is 5.32 Å². The summed E-state index contributed by atoms with van der Waals surface area (Å²) in [5, 5.41) is 13.6. The van der Waals surface area contributed by atoms with Gasteiger partial charge in [-0.15, -0.1) is 0 Å². The molecule has 2 aliphatic rings. The molecule has 2 saturated carbocycles. The van der Waals surface area contributed by atoms with Gasteiger partial charge < -0.3 is 10.4 Å². The number of benzene rings is 1. The number of halogens is 1. The molecule has 0 aliphatic heterocycles. The minimum atomic E-state index is -0.388. The number of carbonyl (C=O) groups excluding carboxylic acids is 1. The number of hydrogen-bond donors (Lipinski definition) is 2. The van der Waals surface area contributed by atoms with Gasteiger partial charge in [-0.3, -0.25) is 4.79 Å². The lowest BCUT2D eigenvalue weighted by Gasteiger charge is -2.33. The Balaban J connectivity index is 1.75. The molecular formula is C18H24ClNO2. The zero-order valence-corrected chi connectivity index (χ0v) is 13.6. The van der Waals surface area contributed by atoms with Gasteiger partial charge in [0.2, 0.25) is 5.91 Å². The quantitative estimate of drug-likeness (QED) is 0.894. The zero-order valence-electron chi connectivity index (χ0n) is 12.9. The number of carbonyl (C=O) groups is 1. The van der Waals surface area contributed by atoms with Crippen molar-refractivity contribution in [2.24, 2.45) is 0 Å². The highest BCUT2D eigenvalue weighted by Gasteiger charge is 2.43. The maximum absolute atomic E-state index is 13.0. The average molecular weight is 322 g/mol. The van der Waals surface area contributed by atoms with Gasteiger partial charge in [0.15, 0.2) is 0 Å². The van der Waals surface area contributed by atoms with E-state index in [2.05, 4.69) is 5.32 Å². The summed E-state index contributed by atoms with van der Waals surface area (Å²) >= 11 is 5.99. The van der Waals surface area contributed by atoms with E-state index >= 15 is 0 Å². The first kappa shape index (κ1) is 15.8. The average Bonchev–Trinajstić information content (AvgIpc) is 3.01. The number of aliphatic hydroxyl groups is 1. The number of nitrogens with one attached hydrogen (secondary N) is 1. The molecule has 2 aliphatic carbocycles. The summed E-state index contributed by atoms with van der Waals surface area (Å²) in [4.78, 5) is 13.0. The molecule has 4 heteroatoms. The Labute approximate surface area is 137 Å². The molecular weight excluding hydrogens is 298 g/mol. The summed E-state index contributed by atoms with van der Waals surface area (Å²) < 4.78 is 0. The van der Waals surface area contributed by atoms with Gasteiger partial charge >= 0.3 is 0 Å². The van der Waals surface area contributed by atoms with Gasteiger partial charge in [0, 0.05) is 11.1 Å². The summed E-state index contributed by atoms with van der Waals surface area (Å²) in [6.07, 6.45) is 7.17. The van der Waals surface area contributed by atoms with Crippen LogP contribution in [0.25, 0.3) is 0 Å². The predicted molar refractivity (Wildman–Crippen MR) is 88.0 cm³/mol. The lowest BCUT2D eigenvalue weighted by Crippen LogP contribution is -2.48. The Hall–Kier alpha value is -1.06. The van der Waals surface area contributed by atoms with Crippen LogP contribution in [-0.2, 0) is 10.2 Å². The minimum absolute atomic E-state index is 0.161. The third-order valence-corrected chi connectivity index (χ3v) is 5.57. The number of amides is 1. The van der Waals surface area contributed by atoms with Crippen molar-refractivity contribution in [3.8, 4) is 0 Å². The van der Waals surface area contributed by atoms with E-state index in [4.69, 9.17) is 11.6 Å². The van der Waals surface area contributed by atoms with Crippen molar-refractivity contribution in [2.45, 2.75) is 68.9 Å². The van der Waals surface area contributed by atoms with Crippen LogP contribution in [0.4, 0.5) is 0 Å². The molecule has 0 spiro atoms. The highest BCUT2D eigenvalue weighted by atomic mass is 35.5. The van der Waals surface area contributed by atoms with E-state index in [-0.39, 0.29) is 23.5 Å². The van der Waals surface area contributed by atoms with Crippen molar-refractivity contribution in [1.29, 1.82) is 0 Å². The number of rotatable bonds is 3. The van der Waals surface area contributed by atoms with Gasteiger partial charge in [0.1, 0.15) is 0 Å². The summed E-state index contributed by atoms with van der Waals surface area (Å²) in [5.74, 6) is 0.161. The third-order valence-electron chi connectivity index (χ3n) is 5.32. The largest absolute Gasteiger partial charge is 0.393 e. The molecule has 2 N–H and O–H groups in total. The second-order valence-electron chi connectivity index (χ2n) is 6.78. The van der Waals surface area contributed by atoms with Crippen LogP contribution in [0, 0.1) is 0 Å². The summed E-state index contributed by atoms with van der Waals surface area (Å²) in [6.45, 7) is 0. The maximum Gasteiger partial charge on any atom is 0.230 e. The van der Waals surface area contributed by atoms with Crippen molar-refractivity contribution in [3.63, 3.8) is 0 Å². The summed E-state index contributed by atoms with van der Waals surface area (Å²) in [7, 11) is 0. The van der Waals surface area contributed by atoms with E-state index in [1.54, 1.807) is 0 Å². The summed E-state index contributed by atoms with van der Waals surface area (Å²) in [5.41, 5.74) is 0.698. The SMILES string of the molecule is O=C(NC1CCC(O)CC1)C1(c2ccc(Cl)cc2)CCCC1. The van der Waals surface area contributed by atoms with E-state index in [1.807, 2.05) is 24.3 Å². The van der Waals surface area contributed by atoms with E-state index in [1.165, 1.54) is 0 Å². The Morgan fingerprint density at radius 3 is 2.27 bits per heavy atom. The molecule has 2 fully saturated rings. The fourth-order valence-corrected chi connectivity index (χ4v) is 4.06. The predicted octanol–water partition coefficient (Wildman–Crippen LogP) is 3.57. The maximum atomic E-state index is 13.0. The molecule has 120 valence electrons. The van der Waals surface area contributed by atoms with Gasteiger partial charge in [-0.25, -0.2) is 0 Å². The Kier molecular flexibility index (Phi) is 4.74. The first-order valence-electron chi connectivity index (χ1n) is 8.35. The molecule has 0 heterocycles. The molecule has 0 aromatic heterocycles. The molecule has 3 rings (SSSR count). The Bertz CT molecular complexity index is 514. The van der Waals surface area contributed by atoms with E-state index in [0.717, 1.165) is 56.9 Å². The van der Waals surface area contributed by atoms with Crippen LogP contribution in [0.1, 0.15) is 56.9 Å². The molecule has 0 bridgehead atoms. The molecule has 3 nitrogen and oxygen atoms in total. The molecule has 22 heavy (non-hydrogen) atoms. The van der Waals surface area contributed by atoms with Crippen molar-refractivity contribution < 1.29 is 9.90 Å². The van der Waals surface area contributed by atoms with Crippen molar-refractivity contribution in [3.05, 3.63) is 34.9 Å². The van der Waals surface area contributed by atoms with Crippen LogP contribution in [0.3, 0.4) is 0 Å². The lowest BCUT2D eigenvalue weighted by atomic mass is 9.77. The van der Waals surface area contributed by atoms with E-state index < -0.39 is 0 Å². The monoisotopic (exact) mass is 321 g/mol. The molecule has 0 saturated heterocycles. The topological polar surface area (TPSA) is 49.3 Å².